The van der Waals surface area contributed by atoms with Gasteiger partial charge in [0.2, 0.25) is 5.88 Å². The second kappa shape index (κ2) is 6.78. The molecule has 0 N–H and O–H groups in total. The maximum atomic E-state index is 5.91. The molecule has 0 aliphatic heterocycles. The van der Waals surface area contributed by atoms with Gasteiger partial charge in [0.15, 0.2) is 0 Å². The van der Waals surface area contributed by atoms with Gasteiger partial charge in [-0.25, -0.2) is 4.98 Å². The Kier molecular flexibility index (Phi) is 5.05. The van der Waals surface area contributed by atoms with Crippen molar-refractivity contribution in [2.45, 2.75) is 12.5 Å². The summed E-state index contributed by atoms with van der Waals surface area (Å²) in [6.45, 7) is 0.378. The van der Waals surface area contributed by atoms with Gasteiger partial charge in [0.25, 0.3) is 0 Å². The van der Waals surface area contributed by atoms with Crippen LogP contribution in [0.5, 0.6) is 11.6 Å². The molecule has 0 saturated carbocycles. The highest BCUT2D eigenvalue weighted by Crippen LogP contribution is 2.31. The Morgan fingerprint density at radius 1 is 1.21 bits per heavy atom. The lowest BCUT2D eigenvalue weighted by Crippen LogP contribution is -2.02. The van der Waals surface area contributed by atoms with E-state index in [1.165, 1.54) is 0 Å². The number of nitrogens with zero attached hydrogens (tertiary/aromatic N) is 1. The minimum Gasteiger partial charge on any atom is -0.487 e. The quantitative estimate of drug-likeness (QED) is 0.764. The molecule has 0 amide bonds. The first-order valence-corrected chi connectivity index (χ1v) is 7.03. The minimum absolute atomic E-state index is 0.378. The van der Waals surface area contributed by atoms with Gasteiger partial charge in [-0.05, 0) is 34.1 Å². The Morgan fingerprint density at radius 3 is 2.74 bits per heavy atom. The van der Waals surface area contributed by atoms with Crippen molar-refractivity contribution < 1.29 is 9.47 Å². The molecule has 0 radical (unpaired) electrons. The molecule has 0 fully saturated rings. The molecular formula is C14H13BrClNO2. The number of halogens is 2. The SMILES string of the molecule is COc1ncccc1COc1c(Br)cccc1CCl. The first kappa shape index (κ1) is 14.2. The van der Waals surface area contributed by atoms with Crippen LogP contribution >= 0.6 is 27.5 Å². The van der Waals surface area contributed by atoms with Crippen LogP contribution < -0.4 is 9.47 Å². The maximum absolute atomic E-state index is 5.91. The fourth-order valence-corrected chi connectivity index (χ4v) is 2.42. The van der Waals surface area contributed by atoms with Gasteiger partial charge in [0.1, 0.15) is 12.4 Å². The summed E-state index contributed by atoms with van der Waals surface area (Å²) in [6.07, 6.45) is 1.69. The smallest absolute Gasteiger partial charge is 0.219 e. The molecule has 2 aromatic rings. The van der Waals surface area contributed by atoms with Gasteiger partial charge < -0.3 is 9.47 Å². The number of benzene rings is 1. The van der Waals surface area contributed by atoms with E-state index in [9.17, 15) is 0 Å². The zero-order chi connectivity index (χ0) is 13.7. The average molecular weight is 343 g/mol. The standard InChI is InChI=1S/C14H13BrClNO2/c1-18-14-11(5-3-7-17-14)9-19-13-10(8-16)4-2-6-12(13)15/h2-7H,8-9H2,1H3. The summed E-state index contributed by atoms with van der Waals surface area (Å²) in [7, 11) is 1.59. The molecule has 19 heavy (non-hydrogen) atoms. The van der Waals surface area contributed by atoms with E-state index in [1.54, 1.807) is 13.3 Å². The first-order chi connectivity index (χ1) is 9.26. The fraction of sp³-hybridized carbons (Fsp3) is 0.214. The Balaban J connectivity index is 2.19. The zero-order valence-electron chi connectivity index (χ0n) is 10.4. The van der Waals surface area contributed by atoms with Gasteiger partial charge in [-0.2, -0.15) is 0 Å². The van der Waals surface area contributed by atoms with E-state index >= 15 is 0 Å². The summed E-state index contributed by atoms with van der Waals surface area (Å²) in [5, 5.41) is 0. The third kappa shape index (κ3) is 3.39. The predicted molar refractivity (Wildman–Crippen MR) is 78.8 cm³/mol. The number of methoxy groups -OCH3 is 1. The summed E-state index contributed by atoms with van der Waals surface area (Å²) in [4.78, 5) is 4.13. The van der Waals surface area contributed by atoms with E-state index in [1.807, 2.05) is 30.3 Å². The number of hydrogen-bond acceptors (Lipinski definition) is 3. The minimum atomic E-state index is 0.378. The Morgan fingerprint density at radius 2 is 2.00 bits per heavy atom. The number of aromatic nitrogens is 1. The third-order valence-corrected chi connectivity index (χ3v) is 3.52. The lowest BCUT2D eigenvalue weighted by atomic mass is 10.2. The number of ether oxygens (including phenoxy) is 2. The van der Waals surface area contributed by atoms with Crippen molar-refractivity contribution in [3.05, 3.63) is 52.1 Å². The van der Waals surface area contributed by atoms with Crippen LogP contribution in [0.25, 0.3) is 0 Å². The number of hydrogen-bond donors (Lipinski definition) is 0. The van der Waals surface area contributed by atoms with Gasteiger partial charge >= 0.3 is 0 Å². The Bertz CT molecular complexity index is 563. The lowest BCUT2D eigenvalue weighted by molar-refractivity contribution is 0.290. The summed E-state index contributed by atoms with van der Waals surface area (Å²) < 4.78 is 11.9. The molecule has 1 aromatic carbocycles. The molecule has 0 spiro atoms. The molecule has 0 saturated heterocycles. The van der Waals surface area contributed by atoms with Crippen LogP contribution in [0.1, 0.15) is 11.1 Å². The number of alkyl halides is 1. The second-order valence-electron chi connectivity index (χ2n) is 3.82. The summed E-state index contributed by atoms with van der Waals surface area (Å²) in [5.41, 5.74) is 1.83. The molecular weight excluding hydrogens is 330 g/mol. The number of pyridine rings is 1. The van der Waals surface area contributed by atoms with Crippen molar-refractivity contribution in [3.8, 4) is 11.6 Å². The molecule has 0 aliphatic carbocycles. The average Bonchev–Trinajstić information content (AvgIpc) is 2.46. The van der Waals surface area contributed by atoms with Crippen LogP contribution in [0.15, 0.2) is 41.0 Å². The van der Waals surface area contributed by atoms with Crippen molar-refractivity contribution in [3.63, 3.8) is 0 Å². The maximum Gasteiger partial charge on any atom is 0.219 e. The van der Waals surface area contributed by atoms with E-state index in [4.69, 9.17) is 21.1 Å². The molecule has 0 bridgehead atoms. The zero-order valence-corrected chi connectivity index (χ0v) is 12.7. The van der Waals surface area contributed by atoms with Crippen LogP contribution in [0, 0.1) is 0 Å². The van der Waals surface area contributed by atoms with Crippen molar-refractivity contribution in [1.82, 2.24) is 4.98 Å². The second-order valence-corrected chi connectivity index (χ2v) is 4.94. The molecule has 0 aliphatic rings. The number of para-hydroxylation sites is 1. The van der Waals surface area contributed by atoms with E-state index in [0.29, 0.717) is 18.4 Å². The molecule has 0 atom stereocenters. The van der Waals surface area contributed by atoms with Crippen LogP contribution in [0.3, 0.4) is 0 Å². The number of rotatable bonds is 5. The molecule has 5 heteroatoms. The molecule has 1 heterocycles. The van der Waals surface area contributed by atoms with E-state index < -0.39 is 0 Å². The molecule has 100 valence electrons. The van der Waals surface area contributed by atoms with Crippen molar-refractivity contribution in [2.24, 2.45) is 0 Å². The molecule has 0 unspecified atom stereocenters. The largest absolute Gasteiger partial charge is 0.487 e. The van der Waals surface area contributed by atoms with Crippen molar-refractivity contribution >= 4 is 27.5 Å². The molecule has 3 nitrogen and oxygen atoms in total. The highest BCUT2D eigenvalue weighted by atomic mass is 79.9. The van der Waals surface area contributed by atoms with E-state index in [2.05, 4.69) is 20.9 Å². The third-order valence-electron chi connectivity index (χ3n) is 2.61. The highest BCUT2D eigenvalue weighted by Gasteiger charge is 2.09. The summed E-state index contributed by atoms with van der Waals surface area (Å²) in [5.74, 6) is 1.73. The van der Waals surface area contributed by atoms with Gasteiger partial charge in [-0.1, -0.05) is 12.1 Å². The van der Waals surface area contributed by atoms with Gasteiger partial charge in [0, 0.05) is 11.8 Å². The first-order valence-electron chi connectivity index (χ1n) is 5.70. The monoisotopic (exact) mass is 341 g/mol. The summed E-state index contributed by atoms with van der Waals surface area (Å²) >= 11 is 9.37. The lowest BCUT2D eigenvalue weighted by Gasteiger charge is -2.13. The van der Waals surface area contributed by atoms with Gasteiger partial charge in [-0.3, -0.25) is 0 Å². The van der Waals surface area contributed by atoms with Crippen LogP contribution in [-0.4, -0.2) is 12.1 Å². The molecule has 1 aromatic heterocycles. The molecule has 2 rings (SSSR count). The fourth-order valence-electron chi connectivity index (χ4n) is 1.69. The Hall–Kier alpha value is -1.26. The van der Waals surface area contributed by atoms with E-state index in [0.717, 1.165) is 21.3 Å². The summed E-state index contributed by atoms with van der Waals surface area (Å²) in [6, 6.07) is 9.56. The van der Waals surface area contributed by atoms with Crippen molar-refractivity contribution in [2.75, 3.05) is 7.11 Å². The predicted octanol–water partition coefficient (Wildman–Crippen LogP) is 4.17. The van der Waals surface area contributed by atoms with Crippen molar-refractivity contribution in [1.29, 1.82) is 0 Å². The van der Waals surface area contributed by atoms with Crippen LogP contribution in [-0.2, 0) is 12.5 Å². The Labute approximate surface area is 125 Å². The topological polar surface area (TPSA) is 31.4 Å². The van der Waals surface area contributed by atoms with Crippen LogP contribution in [0.2, 0.25) is 0 Å². The highest BCUT2D eigenvalue weighted by molar-refractivity contribution is 9.10. The van der Waals surface area contributed by atoms with Crippen LogP contribution in [0.4, 0.5) is 0 Å². The van der Waals surface area contributed by atoms with Gasteiger partial charge in [-0.15, -0.1) is 11.6 Å². The van der Waals surface area contributed by atoms with E-state index in [-0.39, 0.29) is 0 Å². The van der Waals surface area contributed by atoms with Gasteiger partial charge in [0.05, 0.1) is 23.0 Å². The normalized spacial score (nSPS) is 10.3.